The summed E-state index contributed by atoms with van der Waals surface area (Å²) in [4.78, 5) is 22.0. The minimum atomic E-state index is -0.227. The molecule has 0 bridgehead atoms. The number of nitrogens with zero attached hydrogens (tertiary/aromatic N) is 5. The summed E-state index contributed by atoms with van der Waals surface area (Å²) in [7, 11) is 0. The summed E-state index contributed by atoms with van der Waals surface area (Å²) in [6, 6.07) is 15.5. The van der Waals surface area contributed by atoms with Gasteiger partial charge in [0, 0.05) is 21.7 Å². The number of aromatic nitrogens is 5. The molecule has 0 fully saturated rings. The Morgan fingerprint density at radius 3 is 2.81 bits per heavy atom. The standard InChI is InChI=1S/C23H19BrN6O/c1-14-5-3-6-17(26-14)13-30-19-8-4-7-18(22(19)15(2)28-30)27-23(31)20-12-25-21-11-16(24)9-10-29(20)21/h3-12H,13H2,1-2H3,(H,27,31). The zero-order chi connectivity index (χ0) is 21.5. The average Bonchev–Trinajstić information content (AvgIpc) is 3.29. The van der Waals surface area contributed by atoms with Crippen LogP contribution in [0.4, 0.5) is 5.69 Å². The van der Waals surface area contributed by atoms with Crippen LogP contribution in [0, 0.1) is 13.8 Å². The van der Waals surface area contributed by atoms with Crippen LogP contribution in [0.25, 0.3) is 16.6 Å². The molecule has 154 valence electrons. The normalized spacial score (nSPS) is 11.3. The second-order valence-corrected chi connectivity index (χ2v) is 8.30. The molecule has 0 aliphatic heterocycles. The molecule has 1 N–H and O–H groups in total. The third-order valence-electron chi connectivity index (χ3n) is 5.17. The van der Waals surface area contributed by atoms with Crippen LogP contribution in [0.3, 0.4) is 0 Å². The van der Waals surface area contributed by atoms with Crippen molar-refractivity contribution in [3.8, 4) is 0 Å². The van der Waals surface area contributed by atoms with Gasteiger partial charge in [-0.3, -0.25) is 18.9 Å². The average molecular weight is 475 g/mol. The van der Waals surface area contributed by atoms with Crippen molar-refractivity contribution >= 4 is 44.1 Å². The number of benzene rings is 1. The predicted octanol–water partition coefficient (Wildman–Crippen LogP) is 4.76. The highest BCUT2D eigenvalue weighted by atomic mass is 79.9. The molecule has 0 saturated carbocycles. The van der Waals surface area contributed by atoms with E-state index in [1.54, 1.807) is 10.6 Å². The van der Waals surface area contributed by atoms with Crippen LogP contribution >= 0.6 is 15.9 Å². The summed E-state index contributed by atoms with van der Waals surface area (Å²) in [5.74, 6) is -0.227. The molecule has 4 heterocycles. The summed E-state index contributed by atoms with van der Waals surface area (Å²) in [5, 5.41) is 8.67. The van der Waals surface area contributed by atoms with Crippen LogP contribution in [0.5, 0.6) is 0 Å². The van der Waals surface area contributed by atoms with Crippen molar-refractivity contribution in [3.05, 3.63) is 88.2 Å². The first kappa shape index (κ1) is 19.4. The zero-order valence-electron chi connectivity index (χ0n) is 17.0. The molecule has 5 rings (SSSR count). The Kier molecular flexibility index (Phi) is 4.78. The topological polar surface area (TPSA) is 77.1 Å². The third kappa shape index (κ3) is 3.59. The van der Waals surface area contributed by atoms with E-state index in [9.17, 15) is 4.79 Å². The molecule has 0 aliphatic carbocycles. The van der Waals surface area contributed by atoms with Crippen molar-refractivity contribution in [2.75, 3.05) is 5.32 Å². The fourth-order valence-corrected chi connectivity index (χ4v) is 4.12. The number of fused-ring (bicyclic) bond motifs is 2. The smallest absolute Gasteiger partial charge is 0.274 e. The summed E-state index contributed by atoms with van der Waals surface area (Å²) in [5.41, 5.74) is 5.59. The maximum atomic E-state index is 13.0. The first-order chi connectivity index (χ1) is 15.0. The summed E-state index contributed by atoms with van der Waals surface area (Å²) in [6.07, 6.45) is 3.40. The van der Waals surface area contributed by atoms with Gasteiger partial charge < -0.3 is 5.32 Å². The number of pyridine rings is 2. The molecule has 0 atom stereocenters. The lowest BCUT2D eigenvalue weighted by atomic mass is 10.1. The van der Waals surface area contributed by atoms with Crippen molar-refractivity contribution in [1.29, 1.82) is 0 Å². The number of halogens is 1. The molecule has 0 saturated heterocycles. The Morgan fingerprint density at radius 1 is 1.13 bits per heavy atom. The fourth-order valence-electron chi connectivity index (χ4n) is 3.80. The molecule has 8 heteroatoms. The van der Waals surface area contributed by atoms with E-state index < -0.39 is 0 Å². The van der Waals surface area contributed by atoms with Gasteiger partial charge in [0.15, 0.2) is 0 Å². The van der Waals surface area contributed by atoms with Gasteiger partial charge in [0.1, 0.15) is 11.3 Å². The van der Waals surface area contributed by atoms with E-state index in [0.29, 0.717) is 17.9 Å². The van der Waals surface area contributed by atoms with E-state index in [-0.39, 0.29) is 5.91 Å². The van der Waals surface area contributed by atoms with Crippen molar-refractivity contribution < 1.29 is 4.79 Å². The molecular weight excluding hydrogens is 456 g/mol. The number of aryl methyl sites for hydroxylation is 2. The molecule has 0 spiro atoms. The molecule has 1 amide bonds. The minimum Gasteiger partial charge on any atom is -0.320 e. The molecule has 4 aromatic heterocycles. The van der Waals surface area contributed by atoms with Crippen LogP contribution in [-0.4, -0.2) is 30.1 Å². The predicted molar refractivity (Wildman–Crippen MR) is 123 cm³/mol. The number of imidazole rings is 1. The minimum absolute atomic E-state index is 0.227. The quantitative estimate of drug-likeness (QED) is 0.407. The van der Waals surface area contributed by atoms with E-state index in [0.717, 1.165) is 38.1 Å². The summed E-state index contributed by atoms with van der Waals surface area (Å²) >= 11 is 3.43. The third-order valence-corrected chi connectivity index (χ3v) is 5.66. The van der Waals surface area contributed by atoms with Crippen molar-refractivity contribution in [2.24, 2.45) is 0 Å². The number of carbonyl (C=O) groups excluding carboxylic acids is 1. The first-order valence-electron chi connectivity index (χ1n) is 9.82. The highest BCUT2D eigenvalue weighted by Gasteiger charge is 2.17. The number of anilines is 1. The van der Waals surface area contributed by atoms with E-state index in [2.05, 4.69) is 31.2 Å². The fraction of sp³-hybridized carbons (Fsp3) is 0.130. The second-order valence-electron chi connectivity index (χ2n) is 7.38. The van der Waals surface area contributed by atoms with Crippen LogP contribution in [0.2, 0.25) is 0 Å². The molecule has 5 aromatic rings. The van der Waals surface area contributed by atoms with Crippen LogP contribution in [0.1, 0.15) is 27.6 Å². The molecule has 0 radical (unpaired) electrons. The molecule has 0 unspecified atom stereocenters. The lowest BCUT2D eigenvalue weighted by Crippen LogP contribution is -2.14. The number of hydrogen-bond acceptors (Lipinski definition) is 4. The Labute approximate surface area is 186 Å². The Morgan fingerprint density at radius 2 is 1.97 bits per heavy atom. The van der Waals surface area contributed by atoms with Crippen molar-refractivity contribution in [3.63, 3.8) is 0 Å². The van der Waals surface area contributed by atoms with Gasteiger partial charge in [-0.2, -0.15) is 5.10 Å². The van der Waals surface area contributed by atoms with E-state index >= 15 is 0 Å². The molecule has 31 heavy (non-hydrogen) atoms. The van der Waals surface area contributed by atoms with E-state index in [1.807, 2.05) is 73.3 Å². The van der Waals surface area contributed by atoms with Gasteiger partial charge >= 0.3 is 0 Å². The number of rotatable bonds is 4. The highest BCUT2D eigenvalue weighted by molar-refractivity contribution is 9.10. The first-order valence-corrected chi connectivity index (χ1v) is 10.6. The maximum absolute atomic E-state index is 13.0. The van der Waals surface area contributed by atoms with E-state index in [1.165, 1.54) is 0 Å². The lowest BCUT2D eigenvalue weighted by Gasteiger charge is -2.08. The van der Waals surface area contributed by atoms with Crippen LogP contribution in [0.15, 0.2) is 65.4 Å². The highest BCUT2D eigenvalue weighted by Crippen LogP contribution is 2.28. The van der Waals surface area contributed by atoms with Crippen molar-refractivity contribution in [1.82, 2.24) is 24.1 Å². The summed E-state index contributed by atoms with van der Waals surface area (Å²) in [6.45, 7) is 4.48. The van der Waals surface area contributed by atoms with Gasteiger partial charge in [-0.15, -0.1) is 0 Å². The van der Waals surface area contributed by atoms with Crippen LogP contribution in [-0.2, 0) is 6.54 Å². The van der Waals surface area contributed by atoms with Crippen LogP contribution < -0.4 is 5.32 Å². The number of nitrogens with one attached hydrogen (secondary N) is 1. The number of hydrogen-bond donors (Lipinski definition) is 1. The van der Waals surface area contributed by atoms with Gasteiger partial charge in [-0.1, -0.05) is 28.1 Å². The SMILES string of the molecule is Cc1cccc(Cn2nc(C)c3c(NC(=O)c4cnc5cc(Br)ccn45)cccc32)n1. The van der Waals surface area contributed by atoms with Crippen molar-refractivity contribution in [2.45, 2.75) is 20.4 Å². The Hall–Kier alpha value is -3.52. The zero-order valence-corrected chi connectivity index (χ0v) is 18.6. The monoisotopic (exact) mass is 474 g/mol. The van der Waals surface area contributed by atoms with Gasteiger partial charge in [0.2, 0.25) is 0 Å². The van der Waals surface area contributed by atoms with Gasteiger partial charge in [0.05, 0.1) is 35.3 Å². The van der Waals surface area contributed by atoms with Gasteiger partial charge in [-0.05, 0) is 50.2 Å². The second kappa shape index (κ2) is 7.63. The Bertz CT molecular complexity index is 1450. The van der Waals surface area contributed by atoms with Gasteiger partial charge in [0.25, 0.3) is 5.91 Å². The van der Waals surface area contributed by atoms with Gasteiger partial charge in [-0.25, -0.2) is 4.98 Å². The molecule has 0 aliphatic rings. The molecule has 7 nitrogen and oxygen atoms in total. The number of carbonyl (C=O) groups is 1. The van der Waals surface area contributed by atoms with E-state index in [4.69, 9.17) is 5.10 Å². The largest absolute Gasteiger partial charge is 0.320 e. The Balaban J connectivity index is 1.50. The molecular formula is C23H19BrN6O. The lowest BCUT2D eigenvalue weighted by molar-refractivity contribution is 0.102. The summed E-state index contributed by atoms with van der Waals surface area (Å²) < 4.78 is 4.60. The number of amides is 1. The molecule has 1 aromatic carbocycles. The maximum Gasteiger partial charge on any atom is 0.274 e.